The number of carbonyl (C=O) groups excluding carboxylic acids is 3. The Bertz CT molecular complexity index is 633. The second-order valence-corrected chi connectivity index (χ2v) is 4.52. The molecule has 0 spiro atoms. The van der Waals surface area contributed by atoms with Crippen LogP contribution in [0.15, 0.2) is 42.0 Å². The predicted octanol–water partition coefficient (Wildman–Crippen LogP) is 0.750. The van der Waals surface area contributed by atoms with Crippen LogP contribution in [0.4, 0.5) is 4.79 Å². The molecule has 6 nitrogen and oxygen atoms in total. The van der Waals surface area contributed by atoms with Crippen molar-refractivity contribution in [3.63, 3.8) is 0 Å². The van der Waals surface area contributed by atoms with Crippen LogP contribution in [0.25, 0.3) is 6.08 Å². The lowest BCUT2D eigenvalue weighted by Crippen LogP contribution is -2.52. The number of amides is 4. The van der Waals surface area contributed by atoms with E-state index in [4.69, 9.17) is 0 Å². The van der Waals surface area contributed by atoms with Gasteiger partial charge in [-0.25, -0.2) is 4.79 Å². The molecular formula is C15H13N2O4-. The number of barbiturate groups is 1. The van der Waals surface area contributed by atoms with E-state index in [1.54, 1.807) is 18.2 Å². The minimum absolute atomic E-state index is 0.0868. The molecule has 0 aromatic heterocycles. The first-order chi connectivity index (χ1) is 9.91. The summed E-state index contributed by atoms with van der Waals surface area (Å²) in [5.74, 6) is -1.37. The summed E-state index contributed by atoms with van der Waals surface area (Å²) in [6, 6.07) is 5.44. The molecule has 21 heavy (non-hydrogen) atoms. The molecule has 1 fully saturated rings. The summed E-state index contributed by atoms with van der Waals surface area (Å²) in [4.78, 5) is 37.1. The van der Waals surface area contributed by atoms with E-state index in [9.17, 15) is 19.5 Å². The van der Waals surface area contributed by atoms with Crippen LogP contribution in [0.3, 0.4) is 0 Å². The van der Waals surface area contributed by atoms with E-state index in [1.807, 2.05) is 0 Å². The van der Waals surface area contributed by atoms with Crippen LogP contribution in [0, 0.1) is 0 Å². The van der Waals surface area contributed by atoms with Crippen molar-refractivity contribution in [3.8, 4) is 5.75 Å². The third kappa shape index (κ3) is 2.84. The number of imide groups is 2. The summed E-state index contributed by atoms with van der Waals surface area (Å²) in [5, 5.41) is 11.0. The first kappa shape index (κ1) is 14.5. The fraction of sp³-hybridized carbons (Fsp3) is 0.133. The lowest BCUT2D eigenvalue weighted by atomic mass is 10.1. The summed E-state index contributed by atoms with van der Waals surface area (Å²) < 4.78 is 0. The number of rotatable bonds is 2. The molecule has 1 aromatic rings. The van der Waals surface area contributed by atoms with Gasteiger partial charge in [0, 0.05) is 14.1 Å². The van der Waals surface area contributed by atoms with Crippen LogP contribution in [0.5, 0.6) is 5.75 Å². The maximum absolute atomic E-state index is 11.9. The predicted molar refractivity (Wildman–Crippen MR) is 73.9 cm³/mol. The topological polar surface area (TPSA) is 80.8 Å². The highest BCUT2D eigenvalue weighted by atomic mass is 16.3. The van der Waals surface area contributed by atoms with Gasteiger partial charge in [0.2, 0.25) is 0 Å². The highest BCUT2D eigenvalue weighted by molar-refractivity contribution is 6.28. The molecule has 2 rings (SSSR count). The van der Waals surface area contributed by atoms with Gasteiger partial charge in [-0.3, -0.25) is 19.4 Å². The van der Waals surface area contributed by atoms with Crippen molar-refractivity contribution in [2.45, 2.75) is 0 Å². The monoisotopic (exact) mass is 285 g/mol. The van der Waals surface area contributed by atoms with Crippen LogP contribution >= 0.6 is 0 Å². The van der Waals surface area contributed by atoms with Crippen molar-refractivity contribution >= 4 is 23.9 Å². The summed E-state index contributed by atoms with van der Waals surface area (Å²) >= 11 is 0. The highest BCUT2D eigenvalue weighted by Crippen LogP contribution is 2.15. The SMILES string of the molecule is CN1C(=O)C(=CC=Cc2ccc([O-])cc2)C(=O)N(C)C1=O. The van der Waals surface area contributed by atoms with Gasteiger partial charge >= 0.3 is 6.03 Å². The molecule has 0 bridgehead atoms. The second-order valence-electron chi connectivity index (χ2n) is 4.52. The van der Waals surface area contributed by atoms with Crippen molar-refractivity contribution in [3.05, 3.63) is 47.6 Å². The molecule has 1 aliphatic heterocycles. The highest BCUT2D eigenvalue weighted by Gasteiger charge is 2.37. The molecule has 0 aliphatic carbocycles. The Kier molecular flexibility index (Phi) is 3.89. The van der Waals surface area contributed by atoms with Gasteiger partial charge in [-0.05, 0) is 11.6 Å². The molecule has 0 atom stereocenters. The van der Waals surface area contributed by atoms with Gasteiger partial charge in [0.25, 0.3) is 11.8 Å². The number of benzene rings is 1. The van der Waals surface area contributed by atoms with Crippen LogP contribution in [0.2, 0.25) is 0 Å². The van der Waals surface area contributed by atoms with E-state index in [-0.39, 0.29) is 11.3 Å². The Morgan fingerprint density at radius 2 is 1.48 bits per heavy atom. The summed E-state index contributed by atoms with van der Waals surface area (Å²) in [6.45, 7) is 0. The van der Waals surface area contributed by atoms with Gasteiger partial charge < -0.3 is 5.11 Å². The van der Waals surface area contributed by atoms with Crippen LogP contribution in [-0.4, -0.2) is 41.7 Å². The number of hydrogen-bond acceptors (Lipinski definition) is 4. The normalized spacial score (nSPS) is 16.1. The summed E-state index contributed by atoms with van der Waals surface area (Å²) in [5.41, 5.74) is 0.677. The fourth-order valence-corrected chi connectivity index (χ4v) is 1.83. The van der Waals surface area contributed by atoms with Crippen molar-refractivity contribution < 1.29 is 19.5 Å². The molecule has 1 aliphatic rings. The third-order valence-corrected chi connectivity index (χ3v) is 3.08. The molecule has 0 saturated carbocycles. The van der Waals surface area contributed by atoms with Gasteiger partial charge in [-0.1, -0.05) is 36.4 Å². The molecule has 0 unspecified atom stereocenters. The fourth-order valence-electron chi connectivity index (χ4n) is 1.83. The minimum Gasteiger partial charge on any atom is -0.872 e. The van der Waals surface area contributed by atoms with Crippen LogP contribution in [0.1, 0.15) is 5.56 Å². The van der Waals surface area contributed by atoms with E-state index in [1.165, 1.54) is 38.4 Å². The van der Waals surface area contributed by atoms with Gasteiger partial charge in [0.05, 0.1) is 0 Å². The van der Waals surface area contributed by atoms with E-state index in [0.717, 1.165) is 15.4 Å². The molecule has 0 N–H and O–H groups in total. The van der Waals surface area contributed by atoms with Gasteiger partial charge in [-0.2, -0.15) is 0 Å². The second kappa shape index (κ2) is 5.62. The zero-order valence-electron chi connectivity index (χ0n) is 11.6. The van der Waals surface area contributed by atoms with Crippen molar-refractivity contribution in [1.82, 2.24) is 9.80 Å². The minimum atomic E-state index is -0.655. The maximum atomic E-state index is 11.9. The molecule has 1 aromatic carbocycles. The lowest BCUT2D eigenvalue weighted by molar-refractivity contribution is -0.268. The molecule has 1 heterocycles. The summed E-state index contributed by atoms with van der Waals surface area (Å²) in [6.07, 6.45) is 4.54. The lowest BCUT2D eigenvalue weighted by Gasteiger charge is -2.28. The zero-order chi connectivity index (χ0) is 15.6. The zero-order valence-corrected chi connectivity index (χ0v) is 11.6. The molecule has 4 amide bonds. The van der Waals surface area contributed by atoms with Crippen LogP contribution in [-0.2, 0) is 9.59 Å². The summed E-state index contributed by atoms with van der Waals surface area (Å²) in [7, 11) is 2.64. The maximum Gasteiger partial charge on any atom is 0.333 e. The first-order valence-electron chi connectivity index (χ1n) is 6.17. The first-order valence-corrected chi connectivity index (χ1v) is 6.17. The molecular weight excluding hydrogens is 272 g/mol. The molecule has 6 heteroatoms. The number of nitrogens with zero attached hydrogens (tertiary/aromatic N) is 2. The average Bonchev–Trinajstić information content (AvgIpc) is 2.48. The van der Waals surface area contributed by atoms with E-state index >= 15 is 0 Å². The Hall–Kier alpha value is -2.89. The number of allylic oxidation sites excluding steroid dienone is 2. The Morgan fingerprint density at radius 1 is 0.952 bits per heavy atom. The Labute approximate surface area is 121 Å². The Balaban J connectivity index is 2.23. The van der Waals surface area contributed by atoms with Gasteiger partial charge in [0.15, 0.2) is 0 Å². The molecule has 108 valence electrons. The third-order valence-electron chi connectivity index (χ3n) is 3.08. The van der Waals surface area contributed by atoms with Crippen molar-refractivity contribution in [2.75, 3.05) is 14.1 Å². The number of carbonyl (C=O) groups is 3. The van der Waals surface area contributed by atoms with Gasteiger partial charge in [0.1, 0.15) is 5.57 Å². The largest absolute Gasteiger partial charge is 0.872 e. The average molecular weight is 285 g/mol. The van der Waals surface area contributed by atoms with Gasteiger partial charge in [-0.15, -0.1) is 5.75 Å². The standard InChI is InChI=1S/C15H14N2O4/c1-16-13(19)12(14(20)17(2)15(16)21)5-3-4-10-6-8-11(18)9-7-10/h3-9,18H,1-2H3/p-1. The Morgan fingerprint density at radius 3 is 2.00 bits per heavy atom. The number of urea groups is 1. The van der Waals surface area contributed by atoms with Crippen molar-refractivity contribution in [1.29, 1.82) is 0 Å². The van der Waals surface area contributed by atoms with E-state index < -0.39 is 17.8 Å². The molecule has 1 saturated heterocycles. The van der Waals surface area contributed by atoms with E-state index in [2.05, 4.69) is 0 Å². The smallest absolute Gasteiger partial charge is 0.333 e. The number of hydrogen-bond donors (Lipinski definition) is 0. The van der Waals surface area contributed by atoms with Crippen molar-refractivity contribution in [2.24, 2.45) is 0 Å². The molecule has 0 radical (unpaired) electrons. The number of likely N-dealkylation sites (N-methyl/N-ethyl adjacent to an activating group) is 2. The quantitative estimate of drug-likeness (QED) is 0.593. The van der Waals surface area contributed by atoms with E-state index in [0.29, 0.717) is 0 Å². The van der Waals surface area contributed by atoms with Crippen LogP contribution < -0.4 is 5.11 Å².